The quantitative estimate of drug-likeness (QED) is 0.633. The summed E-state index contributed by atoms with van der Waals surface area (Å²) in [6.07, 6.45) is 1.59. The van der Waals surface area contributed by atoms with Crippen molar-refractivity contribution in [1.29, 1.82) is 0 Å². The summed E-state index contributed by atoms with van der Waals surface area (Å²) >= 11 is 7.44. The molecule has 0 saturated carbocycles. The van der Waals surface area contributed by atoms with Gasteiger partial charge in [-0.25, -0.2) is 9.78 Å². The van der Waals surface area contributed by atoms with Crippen molar-refractivity contribution in [3.05, 3.63) is 59.0 Å². The van der Waals surface area contributed by atoms with Crippen molar-refractivity contribution in [3.63, 3.8) is 0 Å². The van der Waals surface area contributed by atoms with Gasteiger partial charge in [-0.15, -0.1) is 0 Å². The Kier molecular flexibility index (Phi) is 5.49. The standard InChI is InChI=1S/C16H13ClN6O2S/c17-10-5-1-2-6-11(10)26-13-9(4-3-7-20-13)14(24)25-8-12-21-15(18)23-16(19)22-12/h1-7H,8H2,(H4,18,19,21,22,23). The lowest BCUT2D eigenvalue weighted by Crippen LogP contribution is -2.12. The highest BCUT2D eigenvalue weighted by Crippen LogP contribution is 2.33. The number of pyridine rings is 1. The molecule has 0 atom stereocenters. The molecule has 0 radical (unpaired) electrons. The molecule has 0 fully saturated rings. The lowest BCUT2D eigenvalue weighted by atomic mass is 10.3. The van der Waals surface area contributed by atoms with Gasteiger partial charge in [-0.1, -0.05) is 35.5 Å². The van der Waals surface area contributed by atoms with Crippen molar-refractivity contribution in [2.24, 2.45) is 0 Å². The van der Waals surface area contributed by atoms with Gasteiger partial charge in [0.25, 0.3) is 0 Å². The number of rotatable bonds is 5. The Hall–Kier alpha value is -2.91. The lowest BCUT2D eigenvalue weighted by molar-refractivity contribution is 0.0457. The van der Waals surface area contributed by atoms with Gasteiger partial charge < -0.3 is 16.2 Å². The number of hydrogen-bond acceptors (Lipinski definition) is 9. The smallest absolute Gasteiger partial charge is 0.341 e. The van der Waals surface area contributed by atoms with Crippen LogP contribution in [-0.2, 0) is 11.3 Å². The summed E-state index contributed by atoms with van der Waals surface area (Å²) in [5.74, 6) is -0.502. The first-order valence-corrected chi connectivity index (χ1v) is 8.53. The molecule has 3 aromatic rings. The number of aromatic nitrogens is 4. The number of nitrogens with zero attached hydrogens (tertiary/aromatic N) is 4. The number of nitrogens with two attached hydrogens (primary N) is 2. The number of ether oxygens (including phenoxy) is 1. The van der Waals surface area contributed by atoms with Crippen LogP contribution in [0.3, 0.4) is 0 Å². The minimum absolute atomic E-state index is 0.0418. The fourth-order valence-corrected chi connectivity index (χ4v) is 3.14. The molecule has 2 heterocycles. The molecule has 0 bridgehead atoms. The molecular weight excluding hydrogens is 376 g/mol. The molecule has 0 aliphatic heterocycles. The number of halogens is 1. The Morgan fingerprint density at radius 3 is 2.54 bits per heavy atom. The average Bonchev–Trinajstić information content (AvgIpc) is 2.61. The minimum atomic E-state index is -0.579. The summed E-state index contributed by atoms with van der Waals surface area (Å²) in [5.41, 5.74) is 11.3. The molecule has 0 spiro atoms. The van der Waals surface area contributed by atoms with Gasteiger partial charge in [0.15, 0.2) is 12.4 Å². The van der Waals surface area contributed by atoms with E-state index >= 15 is 0 Å². The molecule has 8 nitrogen and oxygen atoms in total. The Morgan fingerprint density at radius 2 is 1.81 bits per heavy atom. The van der Waals surface area contributed by atoms with Crippen molar-refractivity contribution in [2.75, 3.05) is 11.5 Å². The summed E-state index contributed by atoms with van der Waals surface area (Å²) in [4.78, 5) is 28.8. The van der Waals surface area contributed by atoms with Crippen LogP contribution in [0.2, 0.25) is 5.02 Å². The Balaban J connectivity index is 1.76. The molecule has 132 valence electrons. The highest BCUT2D eigenvalue weighted by Gasteiger charge is 2.16. The summed E-state index contributed by atoms with van der Waals surface area (Å²) in [6.45, 7) is -0.194. The molecule has 0 aliphatic rings. The van der Waals surface area contributed by atoms with Crippen LogP contribution in [0.15, 0.2) is 52.5 Å². The van der Waals surface area contributed by atoms with Gasteiger partial charge in [-0.05, 0) is 24.3 Å². The molecule has 0 amide bonds. The van der Waals surface area contributed by atoms with Crippen LogP contribution in [0.1, 0.15) is 16.2 Å². The maximum Gasteiger partial charge on any atom is 0.341 e. The van der Waals surface area contributed by atoms with Gasteiger partial charge in [0.05, 0.1) is 10.6 Å². The number of carbonyl (C=O) groups excluding carboxylic acids is 1. The second-order valence-electron chi connectivity index (χ2n) is 4.93. The van der Waals surface area contributed by atoms with Gasteiger partial charge >= 0.3 is 5.97 Å². The van der Waals surface area contributed by atoms with Crippen molar-refractivity contribution in [2.45, 2.75) is 16.5 Å². The first kappa shape index (κ1) is 17.9. The van der Waals surface area contributed by atoms with Crippen LogP contribution in [0.25, 0.3) is 0 Å². The van der Waals surface area contributed by atoms with E-state index in [1.54, 1.807) is 24.4 Å². The predicted octanol–water partition coefficient (Wildman–Crippen LogP) is 2.59. The molecule has 0 aliphatic carbocycles. The number of anilines is 2. The molecule has 10 heteroatoms. The van der Waals surface area contributed by atoms with E-state index in [1.807, 2.05) is 18.2 Å². The summed E-state index contributed by atoms with van der Waals surface area (Å²) in [6, 6.07) is 10.5. The monoisotopic (exact) mass is 388 g/mol. The van der Waals surface area contributed by atoms with Crippen LogP contribution in [0.5, 0.6) is 0 Å². The van der Waals surface area contributed by atoms with Crippen molar-refractivity contribution >= 4 is 41.2 Å². The number of esters is 1. The van der Waals surface area contributed by atoms with E-state index in [0.29, 0.717) is 15.6 Å². The third-order valence-electron chi connectivity index (χ3n) is 3.08. The van der Waals surface area contributed by atoms with Crippen LogP contribution in [-0.4, -0.2) is 25.9 Å². The number of hydrogen-bond donors (Lipinski definition) is 2. The highest BCUT2D eigenvalue weighted by atomic mass is 35.5. The van der Waals surface area contributed by atoms with Crippen LogP contribution < -0.4 is 11.5 Å². The number of benzene rings is 1. The Bertz CT molecular complexity index is 935. The third-order valence-corrected chi connectivity index (χ3v) is 4.62. The molecular formula is C16H13ClN6O2S. The van der Waals surface area contributed by atoms with Crippen LogP contribution >= 0.6 is 23.4 Å². The molecule has 0 saturated heterocycles. The zero-order valence-corrected chi connectivity index (χ0v) is 14.9. The summed E-state index contributed by atoms with van der Waals surface area (Å²) < 4.78 is 5.24. The van der Waals surface area contributed by atoms with E-state index in [1.165, 1.54) is 11.8 Å². The van der Waals surface area contributed by atoms with Crippen molar-refractivity contribution in [3.8, 4) is 0 Å². The lowest BCUT2D eigenvalue weighted by Gasteiger charge is -2.09. The second-order valence-corrected chi connectivity index (χ2v) is 6.37. The van der Waals surface area contributed by atoms with E-state index in [4.69, 9.17) is 27.8 Å². The van der Waals surface area contributed by atoms with Gasteiger partial charge in [0, 0.05) is 11.1 Å². The SMILES string of the molecule is Nc1nc(N)nc(COC(=O)c2cccnc2Sc2ccccc2Cl)n1. The maximum absolute atomic E-state index is 12.4. The van der Waals surface area contributed by atoms with Crippen molar-refractivity contribution in [1.82, 2.24) is 19.9 Å². The third kappa shape index (κ3) is 4.38. The van der Waals surface area contributed by atoms with Gasteiger partial charge in [0.2, 0.25) is 11.9 Å². The minimum Gasteiger partial charge on any atom is -0.454 e. The Morgan fingerprint density at radius 1 is 1.08 bits per heavy atom. The second kappa shape index (κ2) is 7.98. The predicted molar refractivity (Wildman–Crippen MR) is 97.6 cm³/mol. The molecule has 2 aromatic heterocycles. The van der Waals surface area contributed by atoms with E-state index in [-0.39, 0.29) is 24.3 Å². The summed E-state index contributed by atoms with van der Waals surface area (Å²) in [7, 11) is 0. The van der Waals surface area contributed by atoms with E-state index < -0.39 is 5.97 Å². The first-order valence-electron chi connectivity index (χ1n) is 7.33. The largest absolute Gasteiger partial charge is 0.454 e. The van der Waals surface area contributed by atoms with Gasteiger partial charge in [0.1, 0.15) is 5.03 Å². The molecule has 4 N–H and O–H groups in total. The molecule has 1 aromatic carbocycles. The molecule has 0 unspecified atom stereocenters. The van der Waals surface area contributed by atoms with E-state index in [2.05, 4.69) is 19.9 Å². The molecule has 26 heavy (non-hydrogen) atoms. The van der Waals surface area contributed by atoms with E-state index in [9.17, 15) is 4.79 Å². The topological polar surface area (TPSA) is 130 Å². The number of carbonyl (C=O) groups is 1. The maximum atomic E-state index is 12.4. The fourth-order valence-electron chi connectivity index (χ4n) is 1.99. The Labute approximate surface area is 158 Å². The first-order chi connectivity index (χ1) is 12.5. The van der Waals surface area contributed by atoms with Gasteiger partial charge in [-0.2, -0.15) is 15.0 Å². The van der Waals surface area contributed by atoms with Crippen LogP contribution in [0.4, 0.5) is 11.9 Å². The zero-order valence-electron chi connectivity index (χ0n) is 13.3. The summed E-state index contributed by atoms with van der Waals surface area (Å²) in [5, 5.41) is 1.04. The zero-order chi connectivity index (χ0) is 18.5. The molecule has 3 rings (SSSR count). The fraction of sp³-hybridized carbons (Fsp3) is 0.0625. The normalized spacial score (nSPS) is 10.5. The van der Waals surface area contributed by atoms with Gasteiger partial charge in [-0.3, -0.25) is 0 Å². The number of nitrogen functional groups attached to an aromatic ring is 2. The van der Waals surface area contributed by atoms with E-state index in [0.717, 1.165) is 4.90 Å². The average molecular weight is 389 g/mol. The van der Waals surface area contributed by atoms with Crippen molar-refractivity contribution < 1.29 is 9.53 Å². The highest BCUT2D eigenvalue weighted by molar-refractivity contribution is 7.99. The van der Waals surface area contributed by atoms with Crippen LogP contribution in [0, 0.1) is 0 Å².